The fourth-order valence-corrected chi connectivity index (χ4v) is 2.36. The number of ether oxygens (including phenoxy) is 2. The van der Waals surface area contributed by atoms with Crippen LogP contribution in [-0.4, -0.2) is 19.3 Å². The molecule has 0 amide bonds. The molecule has 0 saturated carbocycles. The average molecular weight is 360 g/mol. The van der Waals surface area contributed by atoms with Gasteiger partial charge < -0.3 is 14.6 Å². The Hall–Kier alpha value is -2.45. The van der Waals surface area contributed by atoms with Crippen molar-refractivity contribution in [2.24, 2.45) is 0 Å². The summed E-state index contributed by atoms with van der Waals surface area (Å²) in [5.41, 5.74) is 2.01. The molecular weight excluding hydrogens is 346 g/mol. The van der Waals surface area contributed by atoms with Crippen molar-refractivity contribution in [3.8, 4) is 23.3 Å². The molecule has 0 radical (unpaired) electrons. The third kappa shape index (κ3) is 3.41. The number of hydrogen-bond donors (Lipinski definition) is 1. The Morgan fingerprint density at radius 2 is 1.86 bits per heavy atom. The molecule has 0 bridgehead atoms. The van der Waals surface area contributed by atoms with E-state index in [0.29, 0.717) is 21.5 Å². The molecule has 0 atom stereocenters. The molecule has 2 aromatic carbocycles. The van der Waals surface area contributed by atoms with Crippen molar-refractivity contribution >= 4 is 27.6 Å². The Morgan fingerprint density at radius 1 is 1.14 bits per heavy atom. The zero-order chi connectivity index (χ0) is 16.1. The topological polar surface area (TPSA) is 62.5 Å². The summed E-state index contributed by atoms with van der Waals surface area (Å²) in [5, 5.41) is 18.9. The minimum absolute atomic E-state index is 0.154. The molecule has 0 aromatic heterocycles. The summed E-state index contributed by atoms with van der Waals surface area (Å²) in [6.07, 6.45) is 1.74. The van der Waals surface area contributed by atoms with Gasteiger partial charge in [0, 0.05) is 0 Å². The van der Waals surface area contributed by atoms with Crippen LogP contribution in [0.3, 0.4) is 0 Å². The van der Waals surface area contributed by atoms with Gasteiger partial charge in [0.25, 0.3) is 0 Å². The summed E-state index contributed by atoms with van der Waals surface area (Å²) in [6, 6.07) is 12.5. The lowest BCUT2D eigenvalue weighted by molar-refractivity contribution is 0.355. The van der Waals surface area contributed by atoms with Gasteiger partial charge in [0.15, 0.2) is 11.5 Å². The lowest BCUT2D eigenvalue weighted by Crippen LogP contribution is -1.92. The number of phenols is 1. The van der Waals surface area contributed by atoms with E-state index in [1.807, 2.05) is 0 Å². The molecule has 1 N–H and O–H groups in total. The fraction of sp³-hybridized carbons (Fsp3) is 0.118. The maximum absolute atomic E-state index is 9.52. The largest absolute Gasteiger partial charge is 0.507 e. The van der Waals surface area contributed by atoms with Gasteiger partial charge in [0.2, 0.25) is 0 Å². The van der Waals surface area contributed by atoms with Gasteiger partial charge in [0.05, 0.1) is 30.3 Å². The summed E-state index contributed by atoms with van der Waals surface area (Å²) >= 11 is 3.26. The average Bonchev–Trinajstić information content (AvgIpc) is 2.55. The standard InChI is InChI=1S/C17H14BrNO3/c1-21-16-6-4-12(9-17(16)22-2)13(10-19)7-11-3-5-15(20)14(18)8-11/h3-9,20H,1-2H3/b13-7+. The highest BCUT2D eigenvalue weighted by molar-refractivity contribution is 9.10. The van der Waals surface area contributed by atoms with Gasteiger partial charge in [0.1, 0.15) is 5.75 Å². The van der Waals surface area contributed by atoms with E-state index in [9.17, 15) is 10.4 Å². The number of halogens is 1. The number of rotatable bonds is 4. The first-order chi connectivity index (χ1) is 10.6. The Labute approximate surface area is 137 Å². The van der Waals surface area contributed by atoms with Crippen molar-refractivity contribution in [3.05, 3.63) is 52.0 Å². The number of nitriles is 1. The molecule has 0 saturated heterocycles. The van der Waals surface area contributed by atoms with Crippen LogP contribution >= 0.6 is 15.9 Å². The zero-order valence-electron chi connectivity index (χ0n) is 12.1. The Balaban J connectivity index is 2.45. The predicted molar refractivity (Wildman–Crippen MR) is 88.8 cm³/mol. The molecule has 0 unspecified atom stereocenters. The fourth-order valence-electron chi connectivity index (χ4n) is 1.96. The van der Waals surface area contributed by atoms with E-state index in [1.54, 1.807) is 56.7 Å². The Morgan fingerprint density at radius 3 is 2.45 bits per heavy atom. The predicted octanol–water partition coefficient (Wildman–Crippen LogP) is 4.24. The van der Waals surface area contributed by atoms with Gasteiger partial charge in [-0.05, 0) is 63.5 Å². The third-order valence-electron chi connectivity index (χ3n) is 3.10. The zero-order valence-corrected chi connectivity index (χ0v) is 13.7. The van der Waals surface area contributed by atoms with E-state index in [2.05, 4.69) is 22.0 Å². The van der Waals surface area contributed by atoms with Crippen molar-refractivity contribution in [2.45, 2.75) is 0 Å². The van der Waals surface area contributed by atoms with E-state index in [-0.39, 0.29) is 5.75 Å². The summed E-state index contributed by atoms with van der Waals surface area (Å²) in [7, 11) is 3.11. The van der Waals surface area contributed by atoms with Crippen molar-refractivity contribution < 1.29 is 14.6 Å². The highest BCUT2D eigenvalue weighted by Gasteiger charge is 2.08. The molecule has 5 heteroatoms. The second kappa shape index (κ2) is 7.01. The molecule has 0 heterocycles. The van der Waals surface area contributed by atoms with Gasteiger partial charge in [-0.25, -0.2) is 0 Å². The van der Waals surface area contributed by atoms with Gasteiger partial charge in [-0.3, -0.25) is 0 Å². The number of phenolic OH excluding ortho intramolecular Hbond substituents is 1. The first-order valence-electron chi connectivity index (χ1n) is 6.41. The van der Waals surface area contributed by atoms with Crippen LogP contribution in [-0.2, 0) is 0 Å². The van der Waals surface area contributed by atoms with Gasteiger partial charge in [-0.2, -0.15) is 5.26 Å². The smallest absolute Gasteiger partial charge is 0.161 e. The Bertz CT molecular complexity index is 763. The summed E-state index contributed by atoms with van der Waals surface area (Å²) < 4.78 is 11.0. The van der Waals surface area contributed by atoms with Crippen LogP contribution in [0.2, 0.25) is 0 Å². The highest BCUT2D eigenvalue weighted by Crippen LogP contribution is 2.31. The van der Waals surface area contributed by atoms with E-state index >= 15 is 0 Å². The van der Waals surface area contributed by atoms with E-state index in [1.165, 1.54) is 0 Å². The van der Waals surface area contributed by atoms with Gasteiger partial charge >= 0.3 is 0 Å². The molecule has 2 aromatic rings. The lowest BCUT2D eigenvalue weighted by atomic mass is 10.0. The normalized spacial score (nSPS) is 10.9. The maximum atomic E-state index is 9.52. The quantitative estimate of drug-likeness (QED) is 0.655. The SMILES string of the molecule is COc1ccc(/C(C#N)=C/c2ccc(O)c(Br)c2)cc1OC. The van der Waals surface area contributed by atoms with Gasteiger partial charge in [-0.1, -0.05) is 6.07 Å². The Kier molecular flexibility index (Phi) is 5.08. The number of allylic oxidation sites excluding steroid dienone is 1. The number of benzene rings is 2. The number of aromatic hydroxyl groups is 1. The maximum Gasteiger partial charge on any atom is 0.161 e. The third-order valence-corrected chi connectivity index (χ3v) is 3.73. The summed E-state index contributed by atoms with van der Waals surface area (Å²) in [6.45, 7) is 0. The van der Waals surface area contributed by atoms with Crippen molar-refractivity contribution in [3.63, 3.8) is 0 Å². The highest BCUT2D eigenvalue weighted by atomic mass is 79.9. The number of hydrogen-bond acceptors (Lipinski definition) is 4. The molecule has 22 heavy (non-hydrogen) atoms. The van der Waals surface area contributed by atoms with E-state index in [4.69, 9.17) is 9.47 Å². The van der Waals surface area contributed by atoms with Crippen LogP contribution in [0, 0.1) is 11.3 Å². The van der Waals surface area contributed by atoms with Crippen LogP contribution in [0.1, 0.15) is 11.1 Å². The van der Waals surface area contributed by atoms with Crippen LogP contribution in [0.5, 0.6) is 17.2 Å². The molecule has 0 aliphatic heterocycles. The monoisotopic (exact) mass is 359 g/mol. The van der Waals surface area contributed by atoms with Crippen LogP contribution < -0.4 is 9.47 Å². The molecule has 2 rings (SSSR count). The molecule has 0 fully saturated rings. The number of methoxy groups -OCH3 is 2. The second-order valence-corrected chi connectivity index (χ2v) is 5.30. The minimum atomic E-state index is 0.154. The van der Waals surface area contributed by atoms with Crippen LogP contribution in [0.25, 0.3) is 11.6 Å². The van der Waals surface area contributed by atoms with E-state index in [0.717, 1.165) is 11.1 Å². The second-order valence-electron chi connectivity index (χ2n) is 4.45. The first-order valence-corrected chi connectivity index (χ1v) is 7.21. The lowest BCUT2D eigenvalue weighted by Gasteiger charge is -2.09. The minimum Gasteiger partial charge on any atom is -0.507 e. The molecule has 4 nitrogen and oxygen atoms in total. The molecule has 0 aliphatic rings. The van der Waals surface area contributed by atoms with Crippen molar-refractivity contribution in [1.29, 1.82) is 5.26 Å². The first kappa shape index (κ1) is 15.9. The molecule has 0 aliphatic carbocycles. The van der Waals surface area contributed by atoms with E-state index < -0.39 is 0 Å². The molecule has 0 spiro atoms. The summed E-state index contributed by atoms with van der Waals surface area (Å²) in [5.74, 6) is 1.32. The molecular formula is C17H14BrNO3. The van der Waals surface area contributed by atoms with Crippen molar-refractivity contribution in [2.75, 3.05) is 14.2 Å². The summed E-state index contributed by atoms with van der Waals surface area (Å²) in [4.78, 5) is 0. The number of nitrogens with zero attached hydrogens (tertiary/aromatic N) is 1. The molecule has 112 valence electrons. The van der Waals surface area contributed by atoms with Gasteiger partial charge in [-0.15, -0.1) is 0 Å². The van der Waals surface area contributed by atoms with Crippen LogP contribution in [0.15, 0.2) is 40.9 Å². The van der Waals surface area contributed by atoms with Crippen molar-refractivity contribution in [1.82, 2.24) is 0 Å². The van der Waals surface area contributed by atoms with Crippen LogP contribution in [0.4, 0.5) is 0 Å².